The Labute approximate surface area is 731 Å². The first kappa shape index (κ1) is 122. The van der Waals surface area contributed by atoms with Gasteiger partial charge in [-0.05, 0) is 175 Å². The third-order valence-electron chi connectivity index (χ3n) is 21.8. The summed E-state index contributed by atoms with van der Waals surface area (Å²) in [5.74, 6) is -0.0403. The summed E-state index contributed by atoms with van der Waals surface area (Å²) in [5.41, 5.74) is 2.46. The maximum atomic E-state index is 11.6. The minimum Gasteiger partial charge on any atom is -0.466 e. The van der Waals surface area contributed by atoms with E-state index < -0.39 is 0 Å². The molecule has 0 saturated heterocycles. The molecule has 0 aliphatic carbocycles. The minimum absolute atomic E-state index is 0.00519. The van der Waals surface area contributed by atoms with Crippen LogP contribution in [0.2, 0.25) is 0 Å². The lowest BCUT2D eigenvalue weighted by Crippen LogP contribution is -2.05. The molecular weight excluding hydrogens is 1420 g/mol. The number of unbranched alkanes of at least 4 members (excludes halogenated alkanes) is 51. The highest BCUT2D eigenvalue weighted by atomic mass is 16.5. The normalized spacial score (nSPS) is 12.0. The van der Waals surface area contributed by atoms with Crippen LogP contribution in [0.25, 0.3) is 0 Å². The molecule has 0 N–H and O–H groups in total. The van der Waals surface area contributed by atoms with Crippen molar-refractivity contribution in [3.8, 4) is 0 Å². The highest BCUT2D eigenvalue weighted by molar-refractivity contribution is 5.70. The number of carbonyl (C=O) groups is 3. The van der Waals surface area contributed by atoms with Gasteiger partial charge in [-0.1, -0.05) is 469 Å². The fourth-order valence-corrected chi connectivity index (χ4v) is 14.0. The van der Waals surface area contributed by atoms with Crippen LogP contribution in [-0.4, -0.2) is 37.7 Å². The summed E-state index contributed by atoms with van der Waals surface area (Å²) in [7, 11) is 0. The zero-order valence-corrected chi connectivity index (χ0v) is 83.0. The smallest absolute Gasteiger partial charge is 0.306 e. The Morgan fingerprint density at radius 3 is 0.672 bits per heavy atom. The quantitative estimate of drug-likeness (QED) is 0.0261. The van der Waals surface area contributed by atoms with Gasteiger partial charge in [0, 0.05) is 19.3 Å². The van der Waals surface area contributed by atoms with Crippen molar-refractivity contribution in [2.75, 3.05) is 19.8 Å². The van der Waals surface area contributed by atoms with Crippen molar-refractivity contribution in [1.82, 2.24) is 0 Å². The van der Waals surface area contributed by atoms with Crippen molar-refractivity contribution in [3.63, 3.8) is 0 Å². The summed E-state index contributed by atoms with van der Waals surface area (Å²) in [6.45, 7) is 49.3. The highest BCUT2D eigenvalue weighted by Crippen LogP contribution is 2.28. The van der Waals surface area contributed by atoms with Crippen molar-refractivity contribution < 1.29 is 28.6 Å². The first-order valence-electron chi connectivity index (χ1n) is 51.2. The number of ether oxygens (including phenoxy) is 3. The first-order chi connectivity index (χ1) is 55.5. The lowest BCUT2D eigenvalue weighted by Gasteiger charge is -2.17. The topological polar surface area (TPSA) is 78.9 Å². The molecule has 0 aromatic heterocycles. The van der Waals surface area contributed by atoms with Gasteiger partial charge >= 0.3 is 17.9 Å². The highest BCUT2D eigenvalue weighted by Gasteiger charge is 2.14. The van der Waals surface area contributed by atoms with Gasteiger partial charge in [0.15, 0.2) is 0 Å². The standard InChI is InChI=1S/C22H44O2.2C22H42O2.C22H44.C22H42/c3*1-5-6-7-8-11-14-17-20-24-21(23)18-15-12-9-10-13-16-19-22(2,3)4;2*1-5-6-7-8-9-10-11-12-13-14-15-16-17-18-19-20-21-22(2,3)4/h5-20H2,1-4H3;14,17H,5-13,15-16,18-20H2,1-4H3;5H,1,6-20H2,2-4H3;12-13H,5-11,14-21H2,1-4H3;9-10,12-13H,5-8,11,14-21H2,1-4H3/b;17-14-;;13-12-;10-9-,13-12-. The SMILES string of the molecule is C=CCCCCCCCOC(=O)CCCCCCCCC(C)(C)C.CCCCC/C=C\C/C=C\CCCCCCCCC(C)(C)C.CCCCCC/C=C\COC(=O)CCCCCCCCC(C)(C)C.CCCCCCCC/C=C\CCCCCCCCC(C)(C)C.CCCCCCCCCOC(=O)CCCCCCCCC(C)(C)C. The van der Waals surface area contributed by atoms with E-state index >= 15 is 0 Å². The molecule has 0 unspecified atom stereocenters. The van der Waals surface area contributed by atoms with E-state index in [9.17, 15) is 14.4 Å². The summed E-state index contributed by atoms with van der Waals surface area (Å²) in [5, 5.41) is 0. The summed E-state index contributed by atoms with van der Waals surface area (Å²) in [6, 6.07) is 0. The Kier molecular flexibility index (Phi) is 98.9. The van der Waals surface area contributed by atoms with E-state index in [4.69, 9.17) is 14.2 Å². The molecule has 116 heavy (non-hydrogen) atoms. The Hall–Kier alpha value is -2.89. The minimum atomic E-state index is -0.0432. The molecule has 0 radical (unpaired) electrons. The van der Waals surface area contributed by atoms with E-state index in [1.807, 2.05) is 12.2 Å². The molecule has 0 atom stereocenters. The van der Waals surface area contributed by atoms with Crippen LogP contribution in [0.4, 0.5) is 0 Å². The zero-order chi connectivity index (χ0) is 87.3. The van der Waals surface area contributed by atoms with Crippen LogP contribution in [0.3, 0.4) is 0 Å². The number of allylic oxidation sites excluding steroid dienone is 8. The average Bonchev–Trinajstić information content (AvgIpc) is 1.01. The first-order valence-corrected chi connectivity index (χ1v) is 51.2. The molecule has 0 rings (SSSR count). The summed E-state index contributed by atoms with van der Waals surface area (Å²) >= 11 is 0. The molecule has 0 aliphatic heterocycles. The van der Waals surface area contributed by atoms with Crippen molar-refractivity contribution >= 4 is 17.9 Å². The molecule has 6 nitrogen and oxygen atoms in total. The molecule has 0 amide bonds. The zero-order valence-electron chi connectivity index (χ0n) is 83.0. The summed E-state index contributed by atoms with van der Waals surface area (Å²) in [6.07, 6.45) is 109. The second-order valence-electron chi connectivity index (χ2n) is 41.1. The fraction of sp³-hybridized carbons (Fsp3) is 0.882. The molecule has 0 spiro atoms. The van der Waals surface area contributed by atoms with Crippen LogP contribution < -0.4 is 0 Å². The maximum absolute atomic E-state index is 11.6. The van der Waals surface area contributed by atoms with Gasteiger partial charge in [-0.3, -0.25) is 14.4 Å². The Morgan fingerprint density at radius 1 is 0.216 bits per heavy atom. The number of rotatable bonds is 76. The van der Waals surface area contributed by atoms with Crippen LogP contribution in [0.5, 0.6) is 0 Å². The van der Waals surface area contributed by atoms with Gasteiger partial charge in [0.1, 0.15) is 6.61 Å². The Balaban J connectivity index is -0.000000443. The van der Waals surface area contributed by atoms with Crippen molar-refractivity contribution in [2.24, 2.45) is 27.1 Å². The average molecular weight is 1630 g/mol. The molecule has 0 aromatic carbocycles. The molecule has 0 aliphatic rings. The van der Waals surface area contributed by atoms with E-state index in [1.54, 1.807) is 0 Å². The molecule has 0 saturated carbocycles. The number of hydrogen-bond acceptors (Lipinski definition) is 6. The molecule has 0 fully saturated rings. The van der Waals surface area contributed by atoms with Crippen LogP contribution >= 0.6 is 0 Å². The predicted molar refractivity (Wildman–Crippen MR) is 523 cm³/mol. The van der Waals surface area contributed by atoms with Crippen LogP contribution in [0.15, 0.2) is 61.3 Å². The van der Waals surface area contributed by atoms with E-state index in [0.29, 0.717) is 66.2 Å². The molecule has 0 aromatic rings. The second-order valence-corrected chi connectivity index (χ2v) is 41.1. The largest absolute Gasteiger partial charge is 0.466 e. The van der Waals surface area contributed by atoms with E-state index in [1.165, 1.54) is 366 Å². The summed E-state index contributed by atoms with van der Waals surface area (Å²) in [4.78, 5) is 34.9. The van der Waals surface area contributed by atoms with Gasteiger partial charge in [0.25, 0.3) is 0 Å². The Bertz CT molecular complexity index is 2070. The Morgan fingerprint density at radius 2 is 0.405 bits per heavy atom. The lowest BCUT2D eigenvalue weighted by atomic mass is 9.89. The predicted octanol–water partition coefficient (Wildman–Crippen LogP) is 38.6. The molecule has 0 heterocycles. The summed E-state index contributed by atoms with van der Waals surface area (Å²) < 4.78 is 15.8. The van der Waals surface area contributed by atoms with Gasteiger partial charge in [0.2, 0.25) is 0 Å². The van der Waals surface area contributed by atoms with Crippen molar-refractivity contribution in [2.45, 2.75) is 581 Å². The molecule has 690 valence electrons. The monoisotopic (exact) mass is 1630 g/mol. The number of hydrogen-bond donors (Lipinski definition) is 0. The van der Waals surface area contributed by atoms with Gasteiger partial charge < -0.3 is 14.2 Å². The van der Waals surface area contributed by atoms with Gasteiger partial charge in [-0.15, -0.1) is 6.58 Å². The van der Waals surface area contributed by atoms with Gasteiger partial charge in [-0.25, -0.2) is 0 Å². The number of esters is 3. The fourth-order valence-electron chi connectivity index (χ4n) is 14.0. The third-order valence-corrected chi connectivity index (χ3v) is 21.8. The molecule has 6 heteroatoms. The third kappa shape index (κ3) is 132. The van der Waals surface area contributed by atoms with Crippen LogP contribution in [-0.2, 0) is 28.6 Å². The molecular formula is C110H214O6. The van der Waals surface area contributed by atoms with Gasteiger partial charge in [0.05, 0.1) is 13.2 Å². The van der Waals surface area contributed by atoms with E-state index in [0.717, 1.165) is 64.2 Å². The lowest BCUT2D eigenvalue weighted by molar-refractivity contribution is -0.144. The van der Waals surface area contributed by atoms with E-state index in [2.05, 4.69) is 181 Å². The maximum Gasteiger partial charge on any atom is 0.306 e. The van der Waals surface area contributed by atoms with Crippen molar-refractivity contribution in [3.05, 3.63) is 61.3 Å². The molecule has 0 bridgehead atoms. The second kappa shape index (κ2) is 94.4. The van der Waals surface area contributed by atoms with Gasteiger partial charge in [-0.2, -0.15) is 0 Å². The number of carbonyl (C=O) groups excluding carboxylic acids is 3. The van der Waals surface area contributed by atoms with Crippen LogP contribution in [0.1, 0.15) is 581 Å². The van der Waals surface area contributed by atoms with E-state index in [-0.39, 0.29) is 17.9 Å². The van der Waals surface area contributed by atoms with Crippen molar-refractivity contribution in [1.29, 1.82) is 0 Å². The van der Waals surface area contributed by atoms with Crippen LogP contribution in [0, 0.1) is 27.1 Å².